The number of aryl methyl sites for hydroxylation is 2. The lowest BCUT2D eigenvalue weighted by atomic mass is 10.1. The van der Waals surface area contributed by atoms with Crippen molar-refractivity contribution < 1.29 is 9.32 Å². The average molecular weight is 384 g/mol. The van der Waals surface area contributed by atoms with Crippen LogP contribution in [0.5, 0.6) is 0 Å². The van der Waals surface area contributed by atoms with E-state index in [1.165, 1.54) is 11.1 Å². The molecule has 5 nitrogen and oxygen atoms in total. The fourth-order valence-corrected chi connectivity index (χ4v) is 2.80. The zero-order valence-electron chi connectivity index (χ0n) is 15.2. The normalized spacial score (nSPS) is 10.7. The van der Waals surface area contributed by atoms with Crippen LogP contribution in [0.1, 0.15) is 36.3 Å². The lowest BCUT2D eigenvalue weighted by Crippen LogP contribution is -2.22. The first-order valence-corrected chi connectivity index (χ1v) is 9.39. The molecule has 0 unspecified atom stereocenters. The van der Waals surface area contributed by atoms with E-state index in [0.29, 0.717) is 23.2 Å². The van der Waals surface area contributed by atoms with E-state index in [-0.39, 0.29) is 12.5 Å². The van der Waals surface area contributed by atoms with Crippen molar-refractivity contribution in [2.75, 3.05) is 0 Å². The highest BCUT2D eigenvalue weighted by Gasteiger charge is 2.10. The van der Waals surface area contributed by atoms with Gasteiger partial charge in [0, 0.05) is 17.0 Å². The summed E-state index contributed by atoms with van der Waals surface area (Å²) in [6.07, 6.45) is 3.31. The summed E-state index contributed by atoms with van der Waals surface area (Å²) in [6.45, 7) is 2.31. The number of aromatic nitrogens is 2. The van der Waals surface area contributed by atoms with Gasteiger partial charge in [-0.05, 0) is 56.0 Å². The van der Waals surface area contributed by atoms with E-state index < -0.39 is 0 Å². The van der Waals surface area contributed by atoms with Gasteiger partial charge in [-0.25, -0.2) is 0 Å². The number of hydrogen-bond donors (Lipinski definition) is 1. The monoisotopic (exact) mass is 383 g/mol. The molecule has 0 spiro atoms. The molecule has 3 aromatic rings. The van der Waals surface area contributed by atoms with Crippen molar-refractivity contribution in [1.82, 2.24) is 15.5 Å². The van der Waals surface area contributed by atoms with Gasteiger partial charge in [-0.15, -0.1) is 0 Å². The van der Waals surface area contributed by atoms with Crippen LogP contribution in [-0.4, -0.2) is 16.0 Å². The smallest absolute Gasteiger partial charge is 0.246 e. The Bertz CT molecular complexity index is 873. The zero-order chi connectivity index (χ0) is 19.1. The molecule has 0 aliphatic carbocycles. The first kappa shape index (κ1) is 19.1. The molecule has 1 N–H and O–H groups in total. The topological polar surface area (TPSA) is 68.0 Å². The summed E-state index contributed by atoms with van der Waals surface area (Å²) in [6, 6.07) is 15.7. The van der Waals surface area contributed by atoms with Gasteiger partial charge in [-0.2, -0.15) is 4.98 Å². The number of nitrogens with zero attached hydrogens (tertiary/aromatic N) is 2. The van der Waals surface area contributed by atoms with Gasteiger partial charge in [0.2, 0.25) is 17.6 Å². The van der Waals surface area contributed by atoms with Crippen LogP contribution in [0, 0.1) is 6.92 Å². The van der Waals surface area contributed by atoms with Gasteiger partial charge >= 0.3 is 0 Å². The Balaban J connectivity index is 1.38. The van der Waals surface area contributed by atoms with Crippen molar-refractivity contribution in [3.8, 4) is 11.4 Å². The van der Waals surface area contributed by atoms with E-state index in [2.05, 4.69) is 46.6 Å². The SMILES string of the molecule is Cc1ccc(CCCCC(=O)NCc2nc(-c3ccc(Cl)cc3)no2)cc1. The van der Waals surface area contributed by atoms with Crippen molar-refractivity contribution in [1.29, 1.82) is 0 Å². The average Bonchev–Trinajstić information content (AvgIpc) is 3.14. The number of nitrogens with one attached hydrogen (secondary N) is 1. The first-order valence-electron chi connectivity index (χ1n) is 9.01. The third-order valence-electron chi connectivity index (χ3n) is 4.25. The molecule has 2 aromatic carbocycles. The first-order chi connectivity index (χ1) is 13.1. The molecule has 0 bridgehead atoms. The molecule has 6 heteroatoms. The van der Waals surface area contributed by atoms with E-state index in [1.54, 1.807) is 12.1 Å². The van der Waals surface area contributed by atoms with E-state index in [1.807, 2.05) is 12.1 Å². The molecule has 0 fully saturated rings. The molecule has 0 radical (unpaired) electrons. The molecule has 0 saturated heterocycles. The molecule has 27 heavy (non-hydrogen) atoms. The largest absolute Gasteiger partial charge is 0.347 e. The molecule has 0 saturated carbocycles. The number of unbranched alkanes of at least 4 members (excludes halogenated alkanes) is 1. The van der Waals surface area contributed by atoms with Crippen molar-refractivity contribution >= 4 is 17.5 Å². The summed E-state index contributed by atoms with van der Waals surface area (Å²) in [4.78, 5) is 16.3. The number of hydrogen-bond acceptors (Lipinski definition) is 4. The van der Waals surface area contributed by atoms with Gasteiger partial charge in [0.15, 0.2) is 0 Å². The van der Waals surface area contributed by atoms with Crippen LogP contribution in [0.25, 0.3) is 11.4 Å². The summed E-state index contributed by atoms with van der Waals surface area (Å²) in [7, 11) is 0. The maximum Gasteiger partial charge on any atom is 0.246 e. The summed E-state index contributed by atoms with van der Waals surface area (Å²) in [5, 5.41) is 7.40. The Labute approximate surface area is 163 Å². The van der Waals surface area contributed by atoms with Gasteiger partial charge in [-0.1, -0.05) is 46.6 Å². The number of halogens is 1. The molecule has 0 aliphatic heterocycles. The van der Waals surface area contributed by atoms with Gasteiger partial charge < -0.3 is 9.84 Å². The Morgan fingerprint density at radius 1 is 1.07 bits per heavy atom. The molecule has 3 rings (SSSR count). The molecule has 0 aliphatic rings. The van der Waals surface area contributed by atoms with Crippen molar-refractivity contribution in [3.63, 3.8) is 0 Å². The lowest BCUT2D eigenvalue weighted by Gasteiger charge is -2.03. The third kappa shape index (κ3) is 5.93. The Kier molecular flexibility index (Phi) is 6.60. The molecule has 1 heterocycles. The summed E-state index contributed by atoms with van der Waals surface area (Å²) < 4.78 is 5.18. The van der Waals surface area contributed by atoms with Crippen LogP contribution < -0.4 is 5.32 Å². The zero-order valence-corrected chi connectivity index (χ0v) is 16.0. The van der Waals surface area contributed by atoms with Crippen molar-refractivity contribution in [2.45, 2.75) is 39.2 Å². The quantitative estimate of drug-likeness (QED) is 0.571. The van der Waals surface area contributed by atoms with E-state index in [9.17, 15) is 4.79 Å². The number of rotatable bonds is 8. The van der Waals surface area contributed by atoms with E-state index in [4.69, 9.17) is 16.1 Å². The predicted octanol–water partition coefficient (Wildman–Crippen LogP) is 4.73. The minimum atomic E-state index is -0.00912. The van der Waals surface area contributed by atoms with Crippen LogP contribution in [-0.2, 0) is 17.8 Å². The Hall–Kier alpha value is -2.66. The summed E-state index contributed by atoms with van der Waals surface area (Å²) in [5.74, 6) is 0.854. The highest BCUT2D eigenvalue weighted by Crippen LogP contribution is 2.18. The maximum absolute atomic E-state index is 12.0. The van der Waals surface area contributed by atoms with Gasteiger partial charge in [0.25, 0.3) is 0 Å². The second-order valence-corrected chi connectivity index (χ2v) is 6.92. The van der Waals surface area contributed by atoms with Crippen molar-refractivity contribution in [3.05, 3.63) is 70.6 Å². The minimum Gasteiger partial charge on any atom is -0.347 e. The standard InChI is InChI=1S/C21H22ClN3O2/c1-15-6-8-16(9-7-15)4-2-3-5-19(26)23-14-20-24-21(25-27-20)17-10-12-18(22)13-11-17/h6-13H,2-5,14H2,1H3,(H,23,26). The second kappa shape index (κ2) is 9.33. The molecular weight excluding hydrogens is 362 g/mol. The molecule has 140 valence electrons. The molecule has 1 aromatic heterocycles. The van der Waals surface area contributed by atoms with Crippen molar-refractivity contribution in [2.24, 2.45) is 0 Å². The minimum absolute atomic E-state index is 0.00912. The lowest BCUT2D eigenvalue weighted by molar-refractivity contribution is -0.121. The van der Waals surface area contributed by atoms with E-state index >= 15 is 0 Å². The van der Waals surface area contributed by atoms with Crippen LogP contribution in [0.4, 0.5) is 0 Å². The van der Waals surface area contributed by atoms with Crippen LogP contribution in [0.15, 0.2) is 53.1 Å². The highest BCUT2D eigenvalue weighted by atomic mass is 35.5. The van der Waals surface area contributed by atoms with Gasteiger partial charge in [0.05, 0.1) is 6.54 Å². The summed E-state index contributed by atoms with van der Waals surface area (Å²) in [5.41, 5.74) is 3.39. The fraction of sp³-hybridized carbons (Fsp3) is 0.286. The number of carbonyl (C=O) groups excluding carboxylic acids is 1. The third-order valence-corrected chi connectivity index (χ3v) is 4.50. The van der Waals surface area contributed by atoms with E-state index in [0.717, 1.165) is 24.8 Å². The van der Waals surface area contributed by atoms with Crippen LogP contribution >= 0.6 is 11.6 Å². The number of amides is 1. The fourth-order valence-electron chi connectivity index (χ4n) is 2.67. The van der Waals surface area contributed by atoms with Gasteiger partial charge in [0.1, 0.15) is 0 Å². The Morgan fingerprint density at radius 3 is 2.56 bits per heavy atom. The molecule has 0 atom stereocenters. The highest BCUT2D eigenvalue weighted by molar-refractivity contribution is 6.30. The summed E-state index contributed by atoms with van der Waals surface area (Å²) >= 11 is 5.87. The molecular formula is C21H22ClN3O2. The van der Waals surface area contributed by atoms with Gasteiger partial charge in [-0.3, -0.25) is 4.79 Å². The van der Waals surface area contributed by atoms with Crippen LogP contribution in [0.2, 0.25) is 5.02 Å². The number of benzene rings is 2. The second-order valence-electron chi connectivity index (χ2n) is 6.49. The van der Waals surface area contributed by atoms with Crippen LogP contribution in [0.3, 0.4) is 0 Å². The number of carbonyl (C=O) groups is 1. The molecule has 1 amide bonds. The maximum atomic E-state index is 12.0. The Morgan fingerprint density at radius 2 is 1.81 bits per heavy atom. The predicted molar refractivity (Wildman–Crippen MR) is 105 cm³/mol.